The summed E-state index contributed by atoms with van der Waals surface area (Å²) in [6.07, 6.45) is 3.14. The maximum Gasteiger partial charge on any atom is 0.166 e. The Morgan fingerprint density at radius 2 is 1.87 bits per heavy atom. The Kier molecular flexibility index (Phi) is 3.77. The molecule has 1 aromatic heterocycles. The van der Waals surface area contributed by atoms with Crippen LogP contribution < -0.4 is 4.74 Å². The molecular formula is C27H32N2O2. The molecule has 0 unspecified atom stereocenters. The van der Waals surface area contributed by atoms with Crippen molar-refractivity contribution in [1.29, 1.82) is 0 Å². The predicted octanol–water partition coefficient (Wildman–Crippen LogP) is 5.10. The SMILES string of the molecule is CC.CN1CC[C@]23c4c5ccc(O)c4O[C@H]2c2c(c4ccccc4n2C)C[C@@]3(C)[C@H]1C5. The first-order valence-electron chi connectivity index (χ1n) is 11.8. The maximum atomic E-state index is 10.8. The zero-order chi connectivity index (χ0) is 21.7. The van der Waals surface area contributed by atoms with Gasteiger partial charge in [0.05, 0.1) is 11.1 Å². The Bertz CT molecular complexity index is 1230. The van der Waals surface area contributed by atoms with Crippen molar-refractivity contribution in [2.24, 2.45) is 12.5 Å². The van der Waals surface area contributed by atoms with Crippen LogP contribution >= 0.6 is 0 Å². The molecule has 1 N–H and O–H groups in total. The molecule has 3 heterocycles. The van der Waals surface area contributed by atoms with Crippen LogP contribution in [-0.4, -0.2) is 34.2 Å². The fourth-order valence-electron chi connectivity index (χ4n) is 7.69. The first-order valence-corrected chi connectivity index (χ1v) is 11.8. The number of para-hydroxylation sites is 1. The topological polar surface area (TPSA) is 37.6 Å². The number of likely N-dealkylation sites (tertiary alicyclic amines) is 1. The summed E-state index contributed by atoms with van der Waals surface area (Å²) in [6.45, 7) is 7.57. The lowest BCUT2D eigenvalue weighted by molar-refractivity contribution is -0.0912. The zero-order valence-electron chi connectivity index (χ0n) is 19.2. The van der Waals surface area contributed by atoms with Gasteiger partial charge >= 0.3 is 0 Å². The Hall–Kier alpha value is -2.46. The molecule has 2 aliphatic carbocycles. The number of rotatable bonds is 0. The first kappa shape index (κ1) is 19.2. The molecule has 2 bridgehead atoms. The van der Waals surface area contributed by atoms with Crippen LogP contribution in [0.1, 0.15) is 55.7 Å². The molecule has 0 radical (unpaired) electrons. The van der Waals surface area contributed by atoms with E-state index >= 15 is 0 Å². The van der Waals surface area contributed by atoms with E-state index in [0.717, 1.165) is 31.6 Å². The number of hydrogen-bond donors (Lipinski definition) is 1. The lowest BCUT2D eigenvalue weighted by Crippen LogP contribution is -2.68. The van der Waals surface area contributed by atoms with Gasteiger partial charge in [-0.3, -0.25) is 0 Å². The minimum absolute atomic E-state index is 0.0350. The summed E-state index contributed by atoms with van der Waals surface area (Å²) in [5.74, 6) is 1.05. The third-order valence-electron chi connectivity index (χ3n) is 8.96. The van der Waals surface area contributed by atoms with E-state index in [0.29, 0.717) is 11.8 Å². The number of phenols is 1. The molecule has 4 heteroatoms. The van der Waals surface area contributed by atoms with Crippen LogP contribution in [0, 0.1) is 5.41 Å². The fourth-order valence-corrected chi connectivity index (χ4v) is 7.69. The van der Waals surface area contributed by atoms with Crippen LogP contribution in [0.15, 0.2) is 36.4 Å². The van der Waals surface area contributed by atoms with Crippen LogP contribution in [0.2, 0.25) is 0 Å². The Balaban J connectivity index is 0.000000902. The molecule has 31 heavy (non-hydrogen) atoms. The highest BCUT2D eigenvalue weighted by Gasteiger charge is 2.70. The number of aryl methyl sites for hydroxylation is 1. The third kappa shape index (κ3) is 1.97. The summed E-state index contributed by atoms with van der Waals surface area (Å²) >= 11 is 0. The maximum absolute atomic E-state index is 10.8. The largest absolute Gasteiger partial charge is 0.504 e. The standard InChI is InChI=1S/C25H26N2O2.C2H6/c1-24-13-16-15-6-4-5-7-17(15)27(3)21(16)23-25(24)10-11-26(2)19(24)12-14-8-9-18(28)22(29-23)20(14)25;1-2/h4-9,19,23,28H,10-13H2,1-3H3;1-2H3/t19-,23+,24+,25+;/m1./s1. The smallest absolute Gasteiger partial charge is 0.166 e. The van der Waals surface area contributed by atoms with Gasteiger partial charge in [-0.1, -0.05) is 45.0 Å². The second-order valence-electron chi connectivity index (χ2n) is 9.90. The van der Waals surface area contributed by atoms with Crippen LogP contribution in [0.4, 0.5) is 0 Å². The Labute approximate surface area is 184 Å². The number of phenolic OH excluding ortho intramolecular Hbond substituents is 1. The summed E-state index contributed by atoms with van der Waals surface area (Å²) in [5, 5.41) is 12.1. The highest BCUT2D eigenvalue weighted by Crippen LogP contribution is 2.72. The third-order valence-corrected chi connectivity index (χ3v) is 8.96. The van der Waals surface area contributed by atoms with Gasteiger partial charge in [0.15, 0.2) is 11.5 Å². The number of ether oxygens (including phenoxy) is 1. The van der Waals surface area contributed by atoms with Gasteiger partial charge in [-0.05, 0) is 56.1 Å². The van der Waals surface area contributed by atoms with Crippen LogP contribution in [0.3, 0.4) is 0 Å². The molecule has 1 saturated heterocycles. The van der Waals surface area contributed by atoms with E-state index in [2.05, 4.69) is 60.8 Å². The fraction of sp³-hybridized carbons (Fsp3) is 0.481. The second kappa shape index (κ2) is 6.07. The molecule has 4 aliphatic rings. The van der Waals surface area contributed by atoms with E-state index < -0.39 is 0 Å². The average molecular weight is 417 g/mol. The normalized spacial score (nSPS) is 32.0. The summed E-state index contributed by atoms with van der Waals surface area (Å²) < 4.78 is 9.11. The van der Waals surface area contributed by atoms with Gasteiger partial charge in [-0.25, -0.2) is 0 Å². The van der Waals surface area contributed by atoms with Crippen molar-refractivity contribution >= 4 is 10.9 Å². The predicted molar refractivity (Wildman–Crippen MR) is 124 cm³/mol. The van der Waals surface area contributed by atoms with Crippen molar-refractivity contribution in [2.75, 3.05) is 13.6 Å². The first-order chi connectivity index (χ1) is 15.0. The average Bonchev–Trinajstić information content (AvgIpc) is 3.26. The number of aromatic nitrogens is 1. The summed E-state index contributed by atoms with van der Waals surface area (Å²) in [4.78, 5) is 2.58. The summed E-state index contributed by atoms with van der Waals surface area (Å²) in [7, 11) is 4.47. The van der Waals surface area contributed by atoms with Gasteiger partial charge in [-0.15, -0.1) is 0 Å². The van der Waals surface area contributed by atoms with E-state index in [4.69, 9.17) is 4.74 Å². The molecule has 3 aromatic rings. The molecule has 0 saturated carbocycles. The number of fused-ring (bicyclic) bond motifs is 4. The molecule has 2 aliphatic heterocycles. The Morgan fingerprint density at radius 3 is 2.68 bits per heavy atom. The lowest BCUT2D eigenvalue weighted by Gasteiger charge is -2.64. The number of benzene rings is 2. The number of likely N-dealkylation sites (N-methyl/N-ethyl adjacent to an activating group) is 1. The van der Waals surface area contributed by atoms with Crippen molar-refractivity contribution in [3.05, 3.63) is 58.8 Å². The second-order valence-corrected chi connectivity index (χ2v) is 9.90. The number of aromatic hydroxyl groups is 1. The van der Waals surface area contributed by atoms with E-state index in [-0.39, 0.29) is 16.9 Å². The summed E-state index contributed by atoms with van der Waals surface area (Å²) in [6, 6.07) is 13.2. The summed E-state index contributed by atoms with van der Waals surface area (Å²) in [5.41, 5.74) is 6.73. The van der Waals surface area contributed by atoms with Crippen molar-refractivity contribution in [3.8, 4) is 11.5 Å². The quantitative estimate of drug-likeness (QED) is 0.554. The van der Waals surface area contributed by atoms with Crippen LogP contribution in [0.25, 0.3) is 10.9 Å². The van der Waals surface area contributed by atoms with E-state index in [1.807, 2.05) is 19.9 Å². The minimum Gasteiger partial charge on any atom is -0.504 e. The van der Waals surface area contributed by atoms with Crippen molar-refractivity contribution < 1.29 is 9.84 Å². The van der Waals surface area contributed by atoms with Crippen LogP contribution in [-0.2, 0) is 25.3 Å². The molecule has 1 spiro atoms. The highest BCUT2D eigenvalue weighted by molar-refractivity contribution is 5.87. The highest BCUT2D eigenvalue weighted by atomic mass is 16.5. The lowest BCUT2D eigenvalue weighted by atomic mass is 9.44. The van der Waals surface area contributed by atoms with Gasteiger partial charge in [0, 0.05) is 35.0 Å². The number of nitrogens with zero attached hydrogens (tertiary/aromatic N) is 2. The molecule has 7 rings (SSSR count). The minimum atomic E-state index is -0.0685. The van der Waals surface area contributed by atoms with Gasteiger partial charge in [-0.2, -0.15) is 0 Å². The molecule has 0 amide bonds. The van der Waals surface area contributed by atoms with Crippen molar-refractivity contribution in [1.82, 2.24) is 9.47 Å². The van der Waals surface area contributed by atoms with E-state index in [9.17, 15) is 5.11 Å². The molecule has 4 nitrogen and oxygen atoms in total. The Morgan fingerprint density at radius 1 is 1.10 bits per heavy atom. The van der Waals surface area contributed by atoms with Gasteiger partial charge < -0.3 is 19.3 Å². The number of piperidine rings is 1. The number of hydrogen-bond acceptors (Lipinski definition) is 3. The monoisotopic (exact) mass is 416 g/mol. The van der Waals surface area contributed by atoms with Gasteiger partial charge in [0.2, 0.25) is 0 Å². The van der Waals surface area contributed by atoms with Crippen molar-refractivity contribution in [2.45, 2.75) is 57.6 Å². The van der Waals surface area contributed by atoms with Crippen molar-refractivity contribution in [3.63, 3.8) is 0 Å². The van der Waals surface area contributed by atoms with Crippen LogP contribution in [0.5, 0.6) is 11.5 Å². The van der Waals surface area contributed by atoms with Gasteiger partial charge in [0.25, 0.3) is 0 Å². The molecule has 4 atom stereocenters. The van der Waals surface area contributed by atoms with E-state index in [1.165, 1.54) is 33.3 Å². The molecule has 162 valence electrons. The van der Waals surface area contributed by atoms with E-state index in [1.54, 1.807) is 0 Å². The molecule has 2 aromatic carbocycles. The molecular weight excluding hydrogens is 384 g/mol. The zero-order valence-corrected chi connectivity index (χ0v) is 19.2. The molecule has 1 fully saturated rings. The van der Waals surface area contributed by atoms with Gasteiger partial charge in [0.1, 0.15) is 6.10 Å².